The molecule has 5 nitrogen and oxygen atoms in total. The third-order valence-corrected chi connectivity index (χ3v) is 3.20. The Kier molecular flexibility index (Phi) is 3.72. The van der Waals surface area contributed by atoms with Crippen molar-refractivity contribution in [3.8, 4) is 6.07 Å². The van der Waals surface area contributed by atoms with Crippen LogP contribution >= 0.6 is 11.6 Å². The summed E-state index contributed by atoms with van der Waals surface area (Å²) >= 11 is 5.86. The van der Waals surface area contributed by atoms with Crippen molar-refractivity contribution in [2.45, 2.75) is 6.54 Å². The molecule has 0 radical (unpaired) electrons. The van der Waals surface area contributed by atoms with E-state index in [1.165, 1.54) is 19.2 Å². The van der Waals surface area contributed by atoms with Crippen LogP contribution < -0.4 is 11.2 Å². The van der Waals surface area contributed by atoms with Gasteiger partial charge in [-0.2, -0.15) is 5.26 Å². The van der Waals surface area contributed by atoms with Gasteiger partial charge < -0.3 is 0 Å². The quantitative estimate of drug-likeness (QED) is 0.783. The second kappa shape index (κ2) is 5.31. The number of halogens is 2. The molecule has 0 fully saturated rings. The van der Waals surface area contributed by atoms with Gasteiger partial charge >= 0.3 is 5.69 Å². The average molecular weight is 294 g/mol. The van der Waals surface area contributed by atoms with Gasteiger partial charge in [-0.3, -0.25) is 13.9 Å². The largest absolute Gasteiger partial charge is 0.332 e. The molecule has 0 N–H and O–H groups in total. The van der Waals surface area contributed by atoms with Gasteiger partial charge in [-0.25, -0.2) is 9.18 Å². The molecule has 102 valence electrons. The molecule has 0 atom stereocenters. The molecule has 1 aromatic heterocycles. The van der Waals surface area contributed by atoms with Crippen LogP contribution in [-0.2, 0) is 13.6 Å². The average Bonchev–Trinajstić information content (AvgIpc) is 2.41. The van der Waals surface area contributed by atoms with Gasteiger partial charge in [0.1, 0.15) is 17.0 Å². The lowest BCUT2D eigenvalue weighted by Gasteiger charge is -2.11. The summed E-state index contributed by atoms with van der Waals surface area (Å²) in [4.78, 5) is 23.4. The van der Waals surface area contributed by atoms with E-state index in [4.69, 9.17) is 16.9 Å². The van der Waals surface area contributed by atoms with Crippen LogP contribution in [0.15, 0.2) is 33.9 Å². The monoisotopic (exact) mass is 293 g/mol. The lowest BCUT2D eigenvalue weighted by atomic mass is 10.1. The van der Waals surface area contributed by atoms with E-state index >= 15 is 0 Å². The molecular weight excluding hydrogens is 285 g/mol. The van der Waals surface area contributed by atoms with Gasteiger partial charge in [0.15, 0.2) is 0 Å². The van der Waals surface area contributed by atoms with Crippen LogP contribution in [0.3, 0.4) is 0 Å². The van der Waals surface area contributed by atoms with Crippen molar-refractivity contribution in [3.63, 3.8) is 0 Å². The van der Waals surface area contributed by atoms with Gasteiger partial charge in [0.05, 0.1) is 12.1 Å². The summed E-state index contributed by atoms with van der Waals surface area (Å²) in [6.07, 6.45) is 0. The zero-order chi connectivity index (χ0) is 14.9. The first kappa shape index (κ1) is 14.0. The fourth-order valence-electron chi connectivity index (χ4n) is 1.78. The summed E-state index contributed by atoms with van der Waals surface area (Å²) in [6, 6.07) is 6.96. The highest BCUT2D eigenvalue weighted by molar-refractivity contribution is 6.29. The van der Waals surface area contributed by atoms with Crippen molar-refractivity contribution in [1.82, 2.24) is 9.13 Å². The van der Waals surface area contributed by atoms with Gasteiger partial charge in [0, 0.05) is 13.1 Å². The van der Waals surface area contributed by atoms with Gasteiger partial charge in [0.2, 0.25) is 0 Å². The topological polar surface area (TPSA) is 67.8 Å². The molecule has 0 aliphatic heterocycles. The minimum absolute atomic E-state index is 0.0637. The molecular formula is C13H9ClFN3O2. The first-order valence-corrected chi connectivity index (χ1v) is 5.97. The van der Waals surface area contributed by atoms with Crippen LogP contribution in [0.5, 0.6) is 0 Å². The third kappa shape index (κ3) is 2.36. The van der Waals surface area contributed by atoms with Crippen molar-refractivity contribution in [1.29, 1.82) is 5.26 Å². The van der Waals surface area contributed by atoms with Crippen molar-refractivity contribution in [3.05, 3.63) is 67.2 Å². The van der Waals surface area contributed by atoms with E-state index < -0.39 is 17.1 Å². The van der Waals surface area contributed by atoms with Gasteiger partial charge in [-0.15, -0.1) is 0 Å². The van der Waals surface area contributed by atoms with Crippen molar-refractivity contribution >= 4 is 11.6 Å². The Hall–Kier alpha value is -2.39. The smallest absolute Gasteiger partial charge is 0.279 e. The summed E-state index contributed by atoms with van der Waals surface area (Å²) in [5, 5.41) is 8.89. The molecule has 20 heavy (non-hydrogen) atoms. The Labute approximate surface area is 118 Å². The van der Waals surface area contributed by atoms with E-state index in [1.54, 1.807) is 6.07 Å². The molecule has 0 aliphatic rings. The molecule has 1 aromatic carbocycles. The normalized spacial score (nSPS) is 10.3. The Morgan fingerprint density at radius 2 is 2.10 bits per heavy atom. The van der Waals surface area contributed by atoms with Crippen LogP contribution in [-0.4, -0.2) is 9.13 Å². The van der Waals surface area contributed by atoms with E-state index in [1.807, 2.05) is 0 Å². The SMILES string of the molecule is Cn1c(=O)cc(Cl)n(Cc2cccc(F)c2C#N)c1=O. The van der Waals surface area contributed by atoms with E-state index in [0.29, 0.717) is 5.56 Å². The molecule has 0 aliphatic carbocycles. The maximum Gasteiger partial charge on any atom is 0.332 e. The molecule has 0 spiro atoms. The minimum Gasteiger partial charge on any atom is -0.279 e. The summed E-state index contributed by atoms with van der Waals surface area (Å²) in [7, 11) is 1.31. The number of nitriles is 1. The second-order valence-corrected chi connectivity index (χ2v) is 4.51. The summed E-state index contributed by atoms with van der Waals surface area (Å²) < 4.78 is 15.5. The van der Waals surface area contributed by atoms with Crippen molar-refractivity contribution in [2.75, 3.05) is 0 Å². The molecule has 0 saturated heterocycles. The maximum atomic E-state index is 13.5. The Morgan fingerprint density at radius 1 is 1.40 bits per heavy atom. The summed E-state index contributed by atoms with van der Waals surface area (Å²) in [6.45, 7) is -0.0908. The fourth-order valence-corrected chi connectivity index (χ4v) is 2.01. The number of rotatable bonds is 2. The number of aromatic nitrogens is 2. The number of hydrogen-bond donors (Lipinski definition) is 0. The highest BCUT2D eigenvalue weighted by atomic mass is 35.5. The van der Waals surface area contributed by atoms with E-state index in [2.05, 4.69) is 0 Å². The number of benzene rings is 1. The highest BCUT2D eigenvalue weighted by Gasteiger charge is 2.12. The van der Waals surface area contributed by atoms with Crippen LogP contribution in [0, 0.1) is 17.1 Å². The Bertz CT molecular complexity index is 833. The molecule has 0 bridgehead atoms. The lowest BCUT2D eigenvalue weighted by Crippen LogP contribution is -2.38. The lowest BCUT2D eigenvalue weighted by molar-refractivity contribution is 0.611. The van der Waals surface area contributed by atoms with E-state index in [-0.39, 0.29) is 17.3 Å². The maximum absolute atomic E-state index is 13.5. The van der Waals surface area contributed by atoms with Crippen LogP contribution in [0.2, 0.25) is 5.15 Å². The van der Waals surface area contributed by atoms with Crippen molar-refractivity contribution in [2.24, 2.45) is 7.05 Å². The molecule has 1 heterocycles. The second-order valence-electron chi connectivity index (χ2n) is 4.12. The first-order valence-electron chi connectivity index (χ1n) is 5.59. The minimum atomic E-state index is -0.668. The van der Waals surface area contributed by atoms with Crippen molar-refractivity contribution < 1.29 is 4.39 Å². The van der Waals surface area contributed by atoms with Crippen LogP contribution in [0.25, 0.3) is 0 Å². The Balaban J connectivity index is 2.61. The summed E-state index contributed by atoms with van der Waals surface area (Å²) in [5.41, 5.74) is -0.994. The van der Waals surface area contributed by atoms with Gasteiger partial charge in [0.25, 0.3) is 5.56 Å². The zero-order valence-electron chi connectivity index (χ0n) is 10.4. The van der Waals surface area contributed by atoms with E-state index in [0.717, 1.165) is 21.3 Å². The van der Waals surface area contributed by atoms with Gasteiger partial charge in [-0.1, -0.05) is 23.7 Å². The molecule has 2 rings (SSSR count). The molecule has 0 amide bonds. The fraction of sp³-hybridized carbons (Fsp3) is 0.154. The molecule has 7 heteroatoms. The van der Waals surface area contributed by atoms with E-state index in [9.17, 15) is 14.0 Å². The van der Waals surface area contributed by atoms with Crippen LogP contribution in [0.4, 0.5) is 4.39 Å². The zero-order valence-corrected chi connectivity index (χ0v) is 11.2. The summed E-state index contributed by atoms with van der Waals surface area (Å²) in [5.74, 6) is -0.668. The third-order valence-electron chi connectivity index (χ3n) is 2.89. The molecule has 0 saturated carbocycles. The van der Waals surface area contributed by atoms with Gasteiger partial charge in [-0.05, 0) is 11.6 Å². The Morgan fingerprint density at radius 3 is 2.75 bits per heavy atom. The molecule has 0 unspecified atom stereocenters. The number of nitrogens with zero attached hydrogens (tertiary/aromatic N) is 3. The standard InChI is InChI=1S/C13H9ClFN3O2/c1-17-12(19)5-11(14)18(13(17)20)7-8-3-2-4-10(15)9(8)6-16/h2-5H,7H2,1H3. The predicted octanol–water partition coefficient (Wildman–Crippen LogP) is 1.26. The molecule has 2 aromatic rings. The number of hydrogen-bond acceptors (Lipinski definition) is 3. The highest BCUT2D eigenvalue weighted by Crippen LogP contribution is 2.14. The predicted molar refractivity (Wildman–Crippen MR) is 71.2 cm³/mol. The van der Waals surface area contributed by atoms with Crippen LogP contribution in [0.1, 0.15) is 11.1 Å². The first-order chi connectivity index (χ1) is 9.45.